The third kappa shape index (κ3) is 2.09. The maximum Gasteiger partial charge on any atom is 0.266 e. The molecule has 13 heavy (non-hydrogen) atoms. The van der Waals surface area contributed by atoms with Gasteiger partial charge in [-0.25, -0.2) is 4.98 Å². The number of aromatic nitrogens is 2. The number of halogens is 1. The van der Waals surface area contributed by atoms with Gasteiger partial charge in [-0.05, 0) is 22.4 Å². The van der Waals surface area contributed by atoms with E-state index in [0.29, 0.717) is 10.4 Å². The first-order valence-electron chi connectivity index (χ1n) is 4.02. The van der Waals surface area contributed by atoms with Crippen LogP contribution in [0.3, 0.4) is 0 Å². The molecule has 0 saturated heterocycles. The van der Waals surface area contributed by atoms with Crippen LogP contribution in [0.5, 0.6) is 0 Å². The highest BCUT2D eigenvalue weighted by Crippen LogP contribution is 2.11. The highest BCUT2D eigenvalue weighted by atomic mass is 79.9. The maximum atomic E-state index is 11.4. The number of nitrogens with zero attached hydrogens (tertiary/aromatic N) is 2. The van der Waals surface area contributed by atoms with Gasteiger partial charge < -0.3 is 4.90 Å². The van der Waals surface area contributed by atoms with Crippen LogP contribution in [0, 0.1) is 0 Å². The van der Waals surface area contributed by atoms with E-state index < -0.39 is 0 Å². The number of H-pyrrole nitrogens is 1. The minimum atomic E-state index is -0.129. The minimum Gasteiger partial charge on any atom is -0.348 e. The lowest BCUT2D eigenvalue weighted by Crippen LogP contribution is -2.20. The summed E-state index contributed by atoms with van der Waals surface area (Å²) < 4.78 is 0.528. The molecule has 0 amide bonds. The average Bonchev–Trinajstić information content (AvgIpc) is 2.09. The molecule has 72 valence electrons. The Kier molecular flexibility index (Phi) is 3.08. The molecule has 0 spiro atoms. The Balaban J connectivity index is 3.31. The summed E-state index contributed by atoms with van der Waals surface area (Å²) in [5, 5.41) is 0. The third-order valence-electron chi connectivity index (χ3n) is 1.68. The molecule has 4 nitrogen and oxygen atoms in total. The van der Waals surface area contributed by atoms with Gasteiger partial charge in [0.05, 0.1) is 5.69 Å². The molecule has 0 radical (unpaired) electrons. The molecule has 0 unspecified atom stereocenters. The molecule has 0 aliphatic heterocycles. The Morgan fingerprint density at radius 3 is 2.62 bits per heavy atom. The van der Waals surface area contributed by atoms with Crippen molar-refractivity contribution >= 4 is 21.9 Å². The largest absolute Gasteiger partial charge is 0.348 e. The fourth-order valence-corrected chi connectivity index (χ4v) is 1.41. The molecule has 0 aliphatic rings. The van der Waals surface area contributed by atoms with Gasteiger partial charge in [0.1, 0.15) is 4.47 Å². The molecule has 0 aliphatic carbocycles. The molecule has 0 saturated carbocycles. The van der Waals surface area contributed by atoms with E-state index >= 15 is 0 Å². The number of anilines is 1. The van der Waals surface area contributed by atoms with Crippen molar-refractivity contribution in [3.8, 4) is 0 Å². The van der Waals surface area contributed by atoms with Gasteiger partial charge in [0, 0.05) is 14.1 Å². The Morgan fingerprint density at radius 2 is 2.15 bits per heavy atom. The molecule has 1 heterocycles. The van der Waals surface area contributed by atoms with Crippen LogP contribution in [0.2, 0.25) is 0 Å². The quantitative estimate of drug-likeness (QED) is 0.851. The molecule has 0 bridgehead atoms. The van der Waals surface area contributed by atoms with Crippen molar-refractivity contribution in [1.82, 2.24) is 9.97 Å². The SMILES string of the molecule is CCc1nc(N(C)C)[nH]c(=O)c1Br. The lowest BCUT2D eigenvalue weighted by molar-refractivity contribution is 0.913. The van der Waals surface area contributed by atoms with Crippen LogP contribution in [0.1, 0.15) is 12.6 Å². The van der Waals surface area contributed by atoms with Crippen molar-refractivity contribution in [1.29, 1.82) is 0 Å². The second-order valence-corrected chi connectivity index (χ2v) is 3.69. The topological polar surface area (TPSA) is 49.0 Å². The molecular formula is C8H12BrN3O. The summed E-state index contributed by atoms with van der Waals surface area (Å²) in [6, 6.07) is 0. The lowest BCUT2D eigenvalue weighted by atomic mass is 10.3. The highest BCUT2D eigenvalue weighted by molar-refractivity contribution is 9.10. The van der Waals surface area contributed by atoms with Crippen LogP contribution in [0.15, 0.2) is 9.27 Å². The zero-order valence-corrected chi connectivity index (χ0v) is 9.47. The number of nitrogens with one attached hydrogen (secondary N) is 1. The maximum absolute atomic E-state index is 11.4. The molecule has 0 aromatic carbocycles. The summed E-state index contributed by atoms with van der Waals surface area (Å²) in [7, 11) is 3.68. The molecule has 0 atom stereocenters. The summed E-state index contributed by atoms with van der Waals surface area (Å²) >= 11 is 3.20. The van der Waals surface area contributed by atoms with Crippen LogP contribution >= 0.6 is 15.9 Å². The third-order valence-corrected chi connectivity index (χ3v) is 2.50. The first-order chi connectivity index (χ1) is 6.06. The van der Waals surface area contributed by atoms with E-state index in [9.17, 15) is 4.79 Å². The molecular weight excluding hydrogens is 234 g/mol. The van der Waals surface area contributed by atoms with E-state index in [4.69, 9.17) is 0 Å². The first-order valence-corrected chi connectivity index (χ1v) is 4.81. The van der Waals surface area contributed by atoms with Crippen LogP contribution < -0.4 is 10.5 Å². The van der Waals surface area contributed by atoms with Gasteiger partial charge in [0.15, 0.2) is 0 Å². The monoisotopic (exact) mass is 245 g/mol. The van der Waals surface area contributed by atoms with Gasteiger partial charge in [0.25, 0.3) is 5.56 Å². The van der Waals surface area contributed by atoms with Crippen molar-refractivity contribution in [3.05, 3.63) is 20.5 Å². The van der Waals surface area contributed by atoms with E-state index in [2.05, 4.69) is 25.9 Å². The molecule has 1 N–H and O–H groups in total. The fraction of sp³-hybridized carbons (Fsp3) is 0.500. The van der Waals surface area contributed by atoms with Crippen LogP contribution in [0.4, 0.5) is 5.95 Å². The molecule has 1 aromatic heterocycles. The van der Waals surface area contributed by atoms with Crippen molar-refractivity contribution in [2.24, 2.45) is 0 Å². The predicted molar refractivity (Wildman–Crippen MR) is 56.3 cm³/mol. The number of rotatable bonds is 2. The van der Waals surface area contributed by atoms with Gasteiger partial charge in [-0.1, -0.05) is 6.92 Å². The first kappa shape index (κ1) is 10.2. The molecule has 1 aromatic rings. The van der Waals surface area contributed by atoms with Gasteiger partial charge in [-0.15, -0.1) is 0 Å². The second-order valence-electron chi connectivity index (χ2n) is 2.90. The van der Waals surface area contributed by atoms with E-state index in [0.717, 1.165) is 12.1 Å². The average molecular weight is 246 g/mol. The van der Waals surface area contributed by atoms with Crippen LogP contribution in [-0.4, -0.2) is 24.1 Å². The van der Waals surface area contributed by atoms with E-state index in [-0.39, 0.29) is 5.56 Å². The van der Waals surface area contributed by atoms with Crippen molar-refractivity contribution < 1.29 is 0 Å². The van der Waals surface area contributed by atoms with E-state index in [1.54, 1.807) is 4.90 Å². The zero-order valence-electron chi connectivity index (χ0n) is 7.89. The molecule has 1 rings (SSSR count). The van der Waals surface area contributed by atoms with Crippen molar-refractivity contribution in [2.75, 3.05) is 19.0 Å². The summed E-state index contributed by atoms with van der Waals surface area (Å²) in [5.74, 6) is 0.588. The van der Waals surface area contributed by atoms with Gasteiger partial charge in [-0.2, -0.15) is 0 Å². The Hall–Kier alpha value is -0.840. The smallest absolute Gasteiger partial charge is 0.266 e. The highest BCUT2D eigenvalue weighted by Gasteiger charge is 2.07. The fourth-order valence-electron chi connectivity index (χ4n) is 0.938. The second kappa shape index (κ2) is 3.91. The van der Waals surface area contributed by atoms with Crippen LogP contribution in [0.25, 0.3) is 0 Å². The minimum absolute atomic E-state index is 0.129. The Morgan fingerprint density at radius 1 is 1.54 bits per heavy atom. The summed E-state index contributed by atoms with van der Waals surface area (Å²) in [6.45, 7) is 1.96. The summed E-state index contributed by atoms with van der Waals surface area (Å²) in [6.07, 6.45) is 0.741. The standard InChI is InChI=1S/C8H12BrN3O/c1-4-5-6(9)7(13)11-8(10-5)12(2)3/h4H2,1-3H3,(H,10,11,13). The number of aromatic amines is 1. The number of aryl methyl sites for hydroxylation is 1. The molecule has 5 heteroatoms. The van der Waals surface area contributed by atoms with Gasteiger partial charge in [0.2, 0.25) is 5.95 Å². The van der Waals surface area contributed by atoms with Gasteiger partial charge >= 0.3 is 0 Å². The predicted octanol–water partition coefficient (Wildman–Crippen LogP) is 1.16. The Labute approximate surface area is 85.1 Å². The van der Waals surface area contributed by atoms with Gasteiger partial charge in [-0.3, -0.25) is 9.78 Å². The van der Waals surface area contributed by atoms with Crippen molar-refractivity contribution in [3.63, 3.8) is 0 Å². The van der Waals surface area contributed by atoms with E-state index in [1.165, 1.54) is 0 Å². The summed E-state index contributed by atoms with van der Waals surface area (Å²) in [4.78, 5) is 20.1. The van der Waals surface area contributed by atoms with Crippen LogP contribution in [-0.2, 0) is 6.42 Å². The summed E-state index contributed by atoms with van der Waals surface area (Å²) in [5.41, 5.74) is 0.656. The lowest BCUT2D eigenvalue weighted by Gasteiger charge is -2.11. The number of hydrogen-bond donors (Lipinski definition) is 1. The Bertz CT molecular complexity index is 359. The molecule has 0 fully saturated rings. The van der Waals surface area contributed by atoms with E-state index in [1.807, 2.05) is 21.0 Å². The normalized spacial score (nSPS) is 10.2. The zero-order chi connectivity index (χ0) is 10.0. The van der Waals surface area contributed by atoms with Crippen molar-refractivity contribution in [2.45, 2.75) is 13.3 Å². The number of hydrogen-bond acceptors (Lipinski definition) is 3.